The molecule has 0 heterocycles. The Hall–Kier alpha value is -2.03. The molecular weight excluding hydrogens is 264 g/mol. The summed E-state index contributed by atoms with van der Waals surface area (Å²) in [7, 11) is 1.66. The predicted molar refractivity (Wildman–Crippen MR) is 84.8 cm³/mol. The highest BCUT2D eigenvalue weighted by Crippen LogP contribution is 2.25. The predicted octanol–water partition coefficient (Wildman–Crippen LogP) is 4.30. The maximum absolute atomic E-state index is 12.0. The van der Waals surface area contributed by atoms with Crippen molar-refractivity contribution in [1.82, 2.24) is 0 Å². The Bertz CT molecular complexity index is 619. The van der Waals surface area contributed by atoms with Gasteiger partial charge < -0.3 is 9.47 Å². The van der Waals surface area contributed by atoms with E-state index in [2.05, 4.69) is 6.92 Å². The number of hydrogen-bond donors (Lipinski definition) is 0. The number of benzene rings is 2. The molecule has 0 spiro atoms. The van der Waals surface area contributed by atoms with E-state index < -0.39 is 0 Å². The minimum absolute atomic E-state index is 0.156. The van der Waals surface area contributed by atoms with E-state index in [9.17, 15) is 4.79 Å². The van der Waals surface area contributed by atoms with Crippen LogP contribution in [0.3, 0.4) is 0 Å². The lowest BCUT2D eigenvalue weighted by molar-refractivity contribution is -0.145. The first kappa shape index (κ1) is 15.4. The number of unbranched alkanes of at least 4 members (excludes halogenated alkanes) is 1. The van der Waals surface area contributed by atoms with E-state index in [1.54, 1.807) is 7.11 Å². The largest absolute Gasteiger partial charge is 0.497 e. The Morgan fingerprint density at radius 2 is 1.86 bits per heavy atom. The van der Waals surface area contributed by atoms with Crippen LogP contribution in [0, 0.1) is 0 Å². The van der Waals surface area contributed by atoms with Gasteiger partial charge in [0.1, 0.15) is 5.75 Å². The first-order valence-electron chi connectivity index (χ1n) is 7.40. The van der Waals surface area contributed by atoms with E-state index in [0.717, 1.165) is 34.9 Å². The lowest BCUT2D eigenvalue weighted by atomic mass is 9.98. The second-order valence-corrected chi connectivity index (χ2v) is 5.22. The van der Waals surface area contributed by atoms with Gasteiger partial charge in [-0.3, -0.25) is 4.79 Å². The standard InChI is InChI=1S/C18H22O3/c1-4-5-10-21-18(19)13(2)14-6-7-16-12-17(20-3)9-8-15(16)11-14/h6-9,11-13H,4-5,10H2,1-3H3/t13-/m0/s1. The van der Waals surface area contributed by atoms with Gasteiger partial charge in [-0.05, 0) is 41.8 Å². The molecular formula is C18H22O3. The SMILES string of the molecule is CCCCOC(=O)[C@@H](C)c1ccc2cc(OC)ccc2c1. The van der Waals surface area contributed by atoms with Crippen molar-refractivity contribution in [2.24, 2.45) is 0 Å². The van der Waals surface area contributed by atoms with Gasteiger partial charge in [0.05, 0.1) is 19.6 Å². The third kappa shape index (κ3) is 3.75. The fourth-order valence-corrected chi connectivity index (χ4v) is 2.22. The first-order valence-corrected chi connectivity index (χ1v) is 7.40. The molecule has 2 aromatic rings. The molecule has 0 fully saturated rings. The molecule has 3 nitrogen and oxygen atoms in total. The number of carbonyl (C=O) groups excluding carboxylic acids is 1. The van der Waals surface area contributed by atoms with Crippen LogP contribution in [0.4, 0.5) is 0 Å². The zero-order chi connectivity index (χ0) is 15.2. The lowest BCUT2D eigenvalue weighted by Gasteiger charge is -2.12. The normalized spacial score (nSPS) is 12.1. The van der Waals surface area contributed by atoms with Crippen molar-refractivity contribution in [3.05, 3.63) is 42.0 Å². The number of carbonyl (C=O) groups is 1. The van der Waals surface area contributed by atoms with E-state index in [1.807, 2.05) is 43.3 Å². The third-order valence-electron chi connectivity index (χ3n) is 3.67. The maximum Gasteiger partial charge on any atom is 0.313 e. The van der Waals surface area contributed by atoms with Gasteiger partial charge in [-0.2, -0.15) is 0 Å². The Balaban J connectivity index is 2.16. The number of esters is 1. The number of fused-ring (bicyclic) bond motifs is 1. The van der Waals surface area contributed by atoms with Crippen LogP contribution in [-0.4, -0.2) is 19.7 Å². The Kier molecular flexibility index (Phi) is 5.20. The van der Waals surface area contributed by atoms with Crippen molar-refractivity contribution in [2.75, 3.05) is 13.7 Å². The molecule has 0 amide bonds. The molecule has 0 aliphatic rings. The summed E-state index contributed by atoms with van der Waals surface area (Å²) in [5.41, 5.74) is 0.981. The van der Waals surface area contributed by atoms with E-state index in [0.29, 0.717) is 6.61 Å². The average molecular weight is 286 g/mol. The van der Waals surface area contributed by atoms with Crippen LogP contribution in [0.25, 0.3) is 10.8 Å². The molecule has 0 bridgehead atoms. The summed E-state index contributed by atoms with van der Waals surface area (Å²) < 4.78 is 10.5. The van der Waals surface area contributed by atoms with Crippen LogP contribution in [0.15, 0.2) is 36.4 Å². The lowest BCUT2D eigenvalue weighted by Crippen LogP contribution is -2.13. The third-order valence-corrected chi connectivity index (χ3v) is 3.67. The Morgan fingerprint density at radius 1 is 1.14 bits per heavy atom. The van der Waals surface area contributed by atoms with Crippen molar-refractivity contribution in [2.45, 2.75) is 32.6 Å². The van der Waals surface area contributed by atoms with Crippen molar-refractivity contribution < 1.29 is 14.3 Å². The maximum atomic E-state index is 12.0. The van der Waals surface area contributed by atoms with Gasteiger partial charge in [0.2, 0.25) is 0 Å². The summed E-state index contributed by atoms with van der Waals surface area (Å²) >= 11 is 0. The van der Waals surface area contributed by atoms with Crippen molar-refractivity contribution >= 4 is 16.7 Å². The van der Waals surface area contributed by atoms with Crippen molar-refractivity contribution in [3.8, 4) is 5.75 Å². The quantitative estimate of drug-likeness (QED) is 0.587. The minimum Gasteiger partial charge on any atom is -0.497 e. The zero-order valence-electron chi connectivity index (χ0n) is 12.9. The molecule has 0 aliphatic heterocycles. The second kappa shape index (κ2) is 7.11. The summed E-state index contributed by atoms with van der Waals surface area (Å²) in [5, 5.41) is 2.20. The zero-order valence-corrected chi connectivity index (χ0v) is 12.9. The fraction of sp³-hybridized carbons (Fsp3) is 0.389. The molecule has 3 heteroatoms. The summed E-state index contributed by atoms with van der Waals surface area (Å²) in [4.78, 5) is 12.0. The van der Waals surface area contributed by atoms with Crippen molar-refractivity contribution in [3.63, 3.8) is 0 Å². The van der Waals surface area contributed by atoms with Crippen molar-refractivity contribution in [1.29, 1.82) is 0 Å². The molecule has 0 radical (unpaired) electrons. The summed E-state index contributed by atoms with van der Waals surface area (Å²) in [5.74, 6) is 0.437. The van der Waals surface area contributed by atoms with Crippen LogP contribution < -0.4 is 4.74 Å². The molecule has 21 heavy (non-hydrogen) atoms. The highest BCUT2D eigenvalue weighted by molar-refractivity contribution is 5.86. The fourth-order valence-electron chi connectivity index (χ4n) is 2.22. The molecule has 2 aromatic carbocycles. The van der Waals surface area contributed by atoms with Crippen LogP contribution in [0.2, 0.25) is 0 Å². The Labute approximate surface area is 125 Å². The van der Waals surface area contributed by atoms with Gasteiger partial charge in [-0.25, -0.2) is 0 Å². The average Bonchev–Trinajstić information content (AvgIpc) is 2.53. The number of rotatable bonds is 6. The Morgan fingerprint density at radius 3 is 2.57 bits per heavy atom. The van der Waals surface area contributed by atoms with Crippen LogP contribution in [-0.2, 0) is 9.53 Å². The first-order chi connectivity index (χ1) is 10.2. The molecule has 2 rings (SSSR count). The summed E-state index contributed by atoms with van der Waals surface area (Å²) in [6.07, 6.45) is 1.94. The van der Waals surface area contributed by atoms with Gasteiger partial charge in [-0.1, -0.05) is 37.6 Å². The molecule has 1 atom stereocenters. The van der Waals surface area contributed by atoms with E-state index in [-0.39, 0.29) is 11.9 Å². The molecule has 0 N–H and O–H groups in total. The molecule has 0 aromatic heterocycles. The summed E-state index contributed by atoms with van der Waals surface area (Å²) in [6, 6.07) is 12.0. The van der Waals surface area contributed by atoms with E-state index >= 15 is 0 Å². The highest BCUT2D eigenvalue weighted by atomic mass is 16.5. The highest BCUT2D eigenvalue weighted by Gasteiger charge is 2.16. The number of ether oxygens (including phenoxy) is 2. The van der Waals surface area contributed by atoms with Gasteiger partial charge in [0, 0.05) is 0 Å². The van der Waals surface area contributed by atoms with E-state index in [1.165, 1.54) is 0 Å². The molecule has 0 saturated heterocycles. The van der Waals surface area contributed by atoms with Gasteiger partial charge in [-0.15, -0.1) is 0 Å². The van der Waals surface area contributed by atoms with Crippen LogP contribution >= 0.6 is 0 Å². The van der Waals surface area contributed by atoms with Crippen LogP contribution in [0.5, 0.6) is 5.75 Å². The molecule has 112 valence electrons. The van der Waals surface area contributed by atoms with Gasteiger partial charge in [0.15, 0.2) is 0 Å². The molecule has 0 aliphatic carbocycles. The van der Waals surface area contributed by atoms with Crippen LogP contribution in [0.1, 0.15) is 38.2 Å². The van der Waals surface area contributed by atoms with Gasteiger partial charge >= 0.3 is 5.97 Å². The van der Waals surface area contributed by atoms with E-state index in [4.69, 9.17) is 9.47 Å². The smallest absolute Gasteiger partial charge is 0.313 e. The van der Waals surface area contributed by atoms with Gasteiger partial charge in [0.25, 0.3) is 0 Å². The topological polar surface area (TPSA) is 35.5 Å². The number of methoxy groups -OCH3 is 1. The molecule has 0 saturated carbocycles. The second-order valence-electron chi connectivity index (χ2n) is 5.22. The number of hydrogen-bond acceptors (Lipinski definition) is 3. The molecule has 0 unspecified atom stereocenters. The minimum atomic E-state index is -0.242. The monoisotopic (exact) mass is 286 g/mol. The summed E-state index contributed by atoms with van der Waals surface area (Å²) in [6.45, 7) is 4.47.